The van der Waals surface area contributed by atoms with E-state index in [0.717, 1.165) is 8.95 Å². The van der Waals surface area contributed by atoms with Gasteiger partial charge in [0.15, 0.2) is 12.2 Å². The molecule has 0 aliphatic rings. The highest BCUT2D eigenvalue weighted by molar-refractivity contribution is 9.12. The van der Waals surface area contributed by atoms with Crippen molar-refractivity contribution in [3.05, 3.63) is 99.7 Å². The molecule has 0 heterocycles. The summed E-state index contributed by atoms with van der Waals surface area (Å²) in [5.41, 5.74) is 0.495. The van der Waals surface area contributed by atoms with Gasteiger partial charge in [0, 0.05) is 26.2 Å². The first-order valence-corrected chi connectivity index (χ1v) is 18.1. The molecule has 2 atom stereocenters. The standard InChI is InChI=1S/C32H28Br6O8/c1-17(2)31(39)45-23(15-43-29-25(35)8-19(33)9-26(29)36)13-41-21-6-5-7-22(12-21)42-14-24(46-32(40)18(3)4)16-44-30-27(37)10-20(34)11-28(30)38/h5-12,23-24H,1,3,13-16H2,2,4H3. The van der Waals surface area contributed by atoms with Gasteiger partial charge in [0.1, 0.15) is 49.4 Å². The lowest BCUT2D eigenvalue weighted by molar-refractivity contribution is -0.148. The third kappa shape index (κ3) is 12.3. The predicted octanol–water partition coefficient (Wildman–Crippen LogP) is 10.2. The highest BCUT2D eigenvalue weighted by Crippen LogP contribution is 2.37. The van der Waals surface area contributed by atoms with Gasteiger partial charge in [0.25, 0.3) is 0 Å². The summed E-state index contributed by atoms with van der Waals surface area (Å²) >= 11 is 20.8. The van der Waals surface area contributed by atoms with Gasteiger partial charge in [0.05, 0.1) is 17.9 Å². The van der Waals surface area contributed by atoms with Crippen LogP contribution in [0.5, 0.6) is 23.0 Å². The van der Waals surface area contributed by atoms with E-state index in [0.29, 0.717) is 40.9 Å². The molecule has 3 aromatic carbocycles. The number of esters is 2. The topological polar surface area (TPSA) is 89.5 Å². The fraction of sp³-hybridized carbons (Fsp3) is 0.250. The van der Waals surface area contributed by atoms with Crippen molar-refractivity contribution in [2.24, 2.45) is 0 Å². The molecule has 2 unspecified atom stereocenters. The van der Waals surface area contributed by atoms with Gasteiger partial charge in [-0.05, 0) is 114 Å². The molecule has 0 aromatic heterocycles. The zero-order chi connectivity index (χ0) is 34.0. The van der Waals surface area contributed by atoms with E-state index >= 15 is 0 Å². The van der Waals surface area contributed by atoms with Crippen LogP contribution in [0.3, 0.4) is 0 Å². The maximum Gasteiger partial charge on any atom is 0.333 e. The van der Waals surface area contributed by atoms with Crippen molar-refractivity contribution < 1.29 is 38.0 Å². The molecule has 0 saturated heterocycles. The third-order valence-corrected chi connectivity index (χ3v) is 8.95. The van der Waals surface area contributed by atoms with Gasteiger partial charge in [0.2, 0.25) is 0 Å². The van der Waals surface area contributed by atoms with Crippen LogP contribution in [0.1, 0.15) is 13.8 Å². The molecular weight excluding hydrogens is 992 g/mol. The Morgan fingerprint density at radius 2 is 0.913 bits per heavy atom. The molecular formula is C32H28Br6O8. The molecule has 0 bridgehead atoms. The smallest absolute Gasteiger partial charge is 0.333 e. The maximum absolute atomic E-state index is 12.3. The summed E-state index contributed by atoms with van der Waals surface area (Å²) < 4.78 is 39.6. The number of benzene rings is 3. The summed E-state index contributed by atoms with van der Waals surface area (Å²) in [5.74, 6) is 0.857. The fourth-order valence-corrected chi connectivity index (χ4v) is 8.43. The average molecular weight is 1020 g/mol. The van der Waals surface area contributed by atoms with Crippen molar-refractivity contribution in [1.29, 1.82) is 0 Å². The van der Waals surface area contributed by atoms with E-state index in [1.54, 1.807) is 38.1 Å². The first-order chi connectivity index (χ1) is 21.7. The molecule has 0 aliphatic carbocycles. The van der Waals surface area contributed by atoms with E-state index in [-0.39, 0.29) is 37.6 Å². The molecule has 0 saturated carbocycles. The molecule has 0 fully saturated rings. The number of carbonyl (C=O) groups excluding carboxylic acids is 2. The Morgan fingerprint density at radius 3 is 1.24 bits per heavy atom. The summed E-state index contributed by atoms with van der Waals surface area (Å²) in [7, 11) is 0. The minimum atomic E-state index is -0.767. The predicted molar refractivity (Wildman–Crippen MR) is 197 cm³/mol. The lowest BCUT2D eigenvalue weighted by Crippen LogP contribution is -2.31. The molecule has 0 aliphatic heterocycles. The number of hydrogen-bond donors (Lipinski definition) is 0. The average Bonchev–Trinajstić information content (AvgIpc) is 2.97. The SMILES string of the molecule is C=C(C)C(=O)OC(COc1cccc(OCC(COc2c(Br)cc(Br)cc2Br)OC(=O)C(=C)C)c1)COc1c(Br)cc(Br)cc1Br. The van der Waals surface area contributed by atoms with Crippen molar-refractivity contribution >= 4 is 108 Å². The molecule has 3 aromatic rings. The lowest BCUT2D eigenvalue weighted by atomic mass is 10.3. The van der Waals surface area contributed by atoms with Crippen LogP contribution in [-0.4, -0.2) is 50.6 Å². The van der Waals surface area contributed by atoms with E-state index in [2.05, 4.69) is 109 Å². The van der Waals surface area contributed by atoms with Crippen molar-refractivity contribution in [2.75, 3.05) is 26.4 Å². The zero-order valence-electron chi connectivity index (χ0n) is 24.5. The van der Waals surface area contributed by atoms with E-state index in [4.69, 9.17) is 28.4 Å². The summed E-state index contributed by atoms with van der Waals surface area (Å²) in [6, 6.07) is 14.2. The van der Waals surface area contributed by atoms with Crippen LogP contribution in [-0.2, 0) is 19.1 Å². The van der Waals surface area contributed by atoms with E-state index < -0.39 is 24.1 Å². The second-order valence-electron chi connectivity index (χ2n) is 9.73. The maximum atomic E-state index is 12.3. The number of hydrogen-bond acceptors (Lipinski definition) is 8. The molecule has 14 heteroatoms. The van der Waals surface area contributed by atoms with Gasteiger partial charge in [-0.15, -0.1) is 0 Å². The second kappa shape index (κ2) is 18.6. The number of ether oxygens (including phenoxy) is 6. The minimum Gasteiger partial charge on any atom is -0.489 e. The number of carbonyl (C=O) groups is 2. The molecule has 3 rings (SSSR count). The number of halogens is 6. The van der Waals surface area contributed by atoms with Crippen molar-refractivity contribution in [1.82, 2.24) is 0 Å². The van der Waals surface area contributed by atoms with Crippen LogP contribution in [0, 0.1) is 0 Å². The Morgan fingerprint density at radius 1 is 0.587 bits per heavy atom. The van der Waals surface area contributed by atoms with Gasteiger partial charge in [-0.25, -0.2) is 9.59 Å². The molecule has 246 valence electrons. The Balaban J connectivity index is 1.67. The minimum absolute atomic E-state index is 0.00834. The van der Waals surface area contributed by atoms with Gasteiger partial charge < -0.3 is 28.4 Å². The Hall–Kier alpha value is -1.84. The van der Waals surface area contributed by atoms with Gasteiger partial charge in [-0.3, -0.25) is 0 Å². The molecule has 0 radical (unpaired) electrons. The molecule has 0 spiro atoms. The Labute approximate surface area is 317 Å². The van der Waals surface area contributed by atoms with Gasteiger partial charge in [-0.1, -0.05) is 51.1 Å². The fourth-order valence-electron chi connectivity index (χ4n) is 3.45. The highest BCUT2D eigenvalue weighted by atomic mass is 79.9. The quantitative estimate of drug-likeness (QED) is 0.104. The van der Waals surface area contributed by atoms with Crippen LogP contribution in [0.15, 0.2) is 99.7 Å². The summed E-state index contributed by atoms with van der Waals surface area (Å²) in [4.78, 5) is 24.7. The summed E-state index contributed by atoms with van der Waals surface area (Å²) in [5, 5.41) is 0. The van der Waals surface area contributed by atoms with E-state index in [1.807, 2.05) is 24.3 Å². The first kappa shape index (κ1) is 38.6. The molecule has 0 amide bonds. The van der Waals surface area contributed by atoms with Crippen molar-refractivity contribution in [3.8, 4) is 23.0 Å². The summed E-state index contributed by atoms with van der Waals surface area (Å²) in [6.45, 7) is 10.4. The Kier molecular flexibility index (Phi) is 15.6. The van der Waals surface area contributed by atoms with Crippen LogP contribution in [0.25, 0.3) is 0 Å². The second-order valence-corrected chi connectivity index (χ2v) is 15.0. The highest BCUT2D eigenvalue weighted by Gasteiger charge is 2.21. The zero-order valence-corrected chi connectivity index (χ0v) is 34.1. The van der Waals surface area contributed by atoms with Crippen LogP contribution < -0.4 is 18.9 Å². The molecule has 46 heavy (non-hydrogen) atoms. The first-order valence-electron chi connectivity index (χ1n) is 13.4. The molecule has 8 nitrogen and oxygen atoms in total. The van der Waals surface area contributed by atoms with Crippen molar-refractivity contribution in [2.45, 2.75) is 26.1 Å². The normalized spacial score (nSPS) is 12.0. The van der Waals surface area contributed by atoms with Crippen LogP contribution in [0.2, 0.25) is 0 Å². The van der Waals surface area contributed by atoms with Gasteiger partial charge >= 0.3 is 11.9 Å². The Bertz CT molecular complexity index is 1440. The van der Waals surface area contributed by atoms with E-state index in [9.17, 15) is 9.59 Å². The lowest BCUT2D eigenvalue weighted by Gasteiger charge is -2.21. The molecule has 0 N–H and O–H groups in total. The number of rotatable bonds is 16. The van der Waals surface area contributed by atoms with Crippen LogP contribution in [0.4, 0.5) is 0 Å². The van der Waals surface area contributed by atoms with E-state index in [1.165, 1.54) is 0 Å². The summed E-state index contributed by atoms with van der Waals surface area (Å²) in [6.07, 6.45) is -1.53. The third-order valence-electron chi connectivity index (χ3n) is 5.67. The monoisotopic (exact) mass is 1010 g/mol. The van der Waals surface area contributed by atoms with Crippen LogP contribution >= 0.6 is 95.6 Å². The van der Waals surface area contributed by atoms with Crippen molar-refractivity contribution in [3.63, 3.8) is 0 Å². The van der Waals surface area contributed by atoms with Gasteiger partial charge in [-0.2, -0.15) is 0 Å². The largest absolute Gasteiger partial charge is 0.489 e.